The number of anilines is 1. The number of carbonyl (C=O) groups excluding carboxylic acids is 1. The Bertz CT molecular complexity index is 681. The zero-order valence-corrected chi connectivity index (χ0v) is 12.0. The van der Waals surface area contributed by atoms with Crippen molar-refractivity contribution in [3.8, 4) is 5.75 Å². The summed E-state index contributed by atoms with van der Waals surface area (Å²) >= 11 is 0. The van der Waals surface area contributed by atoms with Crippen LogP contribution < -0.4 is 15.9 Å². The number of amides is 1. The van der Waals surface area contributed by atoms with Crippen LogP contribution in [0.3, 0.4) is 0 Å². The summed E-state index contributed by atoms with van der Waals surface area (Å²) < 4.78 is 5.08. The number of para-hydroxylation sites is 1. The molecule has 0 spiro atoms. The number of benzene rings is 2. The monoisotopic (exact) mass is 283 g/mol. The fourth-order valence-electron chi connectivity index (χ4n) is 1.85. The molecule has 0 bridgehead atoms. The molecular weight excluding hydrogens is 266 g/mol. The molecule has 5 heteroatoms. The third-order valence-corrected chi connectivity index (χ3v) is 3.01. The number of hydrogen-bond acceptors (Lipinski definition) is 4. The van der Waals surface area contributed by atoms with Crippen LogP contribution in [-0.2, 0) is 0 Å². The Hall–Kier alpha value is -2.82. The van der Waals surface area contributed by atoms with Gasteiger partial charge in [0.1, 0.15) is 5.75 Å². The van der Waals surface area contributed by atoms with Gasteiger partial charge in [-0.1, -0.05) is 24.3 Å². The van der Waals surface area contributed by atoms with E-state index < -0.39 is 0 Å². The van der Waals surface area contributed by atoms with Gasteiger partial charge in [-0.3, -0.25) is 4.79 Å². The standard InChI is InChI=1S/C16H17N3O2/c1-11(14-8-3-4-9-15(14)17)18-19-16(20)12-6-5-7-13(10-12)21-2/h3-10H,17H2,1-2H3,(H,19,20)/b18-11-. The second kappa shape index (κ2) is 6.56. The van der Waals surface area contributed by atoms with E-state index in [2.05, 4.69) is 10.5 Å². The Balaban J connectivity index is 2.13. The molecule has 0 aliphatic rings. The molecular formula is C16H17N3O2. The molecule has 2 aromatic rings. The summed E-state index contributed by atoms with van der Waals surface area (Å²) in [7, 11) is 1.55. The van der Waals surface area contributed by atoms with E-state index in [1.165, 1.54) is 0 Å². The number of carbonyl (C=O) groups is 1. The number of hydrogen-bond donors (Lipinski definition) is 2. The number of nitrogens with one attached hydrogen (secondary N) is 1. The van der Waals surface area contributed by atoms with Crippen LogP contribution >= 0.6 is 0 Å². The van der Waals surface area contributed by atoms with Gasteiger partial charge in [-0.25, -0.2) is 5.43 Å². The fourth-order valence-corrected chi connectivity index (χ4v) is 1.85. The molecule has 1 amide bonds. The molecule has 5 nitrogen and oxygen atoms in total. The summed E-state index contributed by atoms with van der Waals surface area (Å²) in [5.41, 5.74) is 10.9. The first-order valence-electron chi connectivity index (χ1n) is 6.45. The number of hydrazone groups is 1. The van der Waals surface area contributed by atoms with Crippen LogP contribution in [0, 0.1) is 0 Å². The number of rotatable bonds is 4. The van der Waals surface area contributed by atoms with Gasteiger partial charge in [0.25, 0.3) is 5.91 Å². The SMILES string of the molecule is COc1cccc(C(=O)N/N=C(/C)c2ccccc2N)c1. The van der Waals surface area contributed by atoms with E-state index in [0.29, 0.717) is 22.7 Å². The smallest absolute Gasteiger partial charge is 0.271 e. The lowest BCUT2D eigenvalue weighted by Gasteiger charge is -2.06. The third kappa shape index (κ3) is 3.60. The van der Waals surface area contributed by atoms with Crippen molar-refractivity contribution in [3.63, 3.8) is 0 Å². The van der Waals surface area contributed by atoms with Crippen LogP contribution in [0.1, 0.15) is 22.8 Å². The lowest BCUT2D eigenvalue weighted by Crippen LogP contribution is -2.19. The second-order valence-electron chi connectivity index (χ2n) is 4.46. The molecule has 0 aliphatic carbocycles. The molecule has 21 heavy (non-hydrogen) atoms. The molecule has 0 radical (unpaired) electrons. The lowest BCUT2D eigenvalue weighted by atomic mass is 10.1. The summed E-state index contributed by atoms with van der Waals surface area (Å²) in [6.07, 6.45) is 0. The summed E-state index contributed by atoms with van der Waals surface area (Å²) in [4.78, 5) is 12.0. The van der Waals surface area contributed by atoms with Gasteiger partial charge in [0, 0.05) is 16.8 Å². The van der Waals surface area contributed by atoms with Gasteiger partial charge >= 0.3 is 0 Å². The highest BCUT2D eigenvalue weighted by Gasteiger charge is 2.07. The average molecular weight is 283 g/mol. The van der Waals surface area contributed by atoms with Gasteiger partial charge in [-0.05, 0) is 31.2 Å². The largest absolute Gasteiger partial charge is 0.497 e. The maximum absolute atomic E-state index is 12.0. The van der Waals surface area contributed by atoms with Gasteiger partial charge in [0.15, 0.2) is 0 Å². The van der Waals surface area contributed by atoms with E-state index >= 15 is 0 Å². The Morgan fingerprint density at radius 3 is 2.67 bits per heavy atom. The zero-order valence-electron chi connectivity index (χ0n) is 12.0. The highest BCUT2D eigenvalue weighted by atomic mass is 16.5. The van der Waals surface area contributed by atoms with Gasteiger partial charge in [-0.15, -0.1) is 0 Å². The third-order valence-electron chi connectivity index (χ3n) is 3.01. The first kappa shape index (κ1) is 14.6. The van der Waals surface area contributed by atoms with E-state index in [1.807, 2.05) is 18.2 Å². The minimum absolute atomic E-state index is 0.303. The molecule has 2 rings (SSSR count). The molecule has 0 heterocycles. The Morgan fingerprint density at radius 2 is 1.95 bits per heavy atom. The highest BCUT2D eigenvalue weighted by molar-refractivity contribution is 6.04. The van der Waals surface area contributed by atoms with Crippen molar-refractivity contribution in [1.82, 2.24) is 5.43 Å². The Kier molecular flexibility index (Phi) is 4.56. The zero-order chi connectivity index (χ0) is 15.2. The van der Waals surface area contributed by atoms with Crippen LogP contribution in [0.4, 0.5) is 5.69 Å². The normalized spacial score (nSPS) is 11.0. The summed E-state index contributed by atoms with van der Waals surface area (Å²) in [6, 6.07) is 14.2. The molecule has 0 saturated carbocycles. The Labute approximate surface area is 123 Å². The topological polar surface area (TPSA) is 76.7 Å². The van der Waals surface area contributed by atoms with Crippen LogP contribution in [0.25, 0.3) is 0 Å². The van der Waals surface area contributed by atoms with Crippen molar-refractivity contribution in [2.24, 2.45) is 5.10 Å². The van der Waals surface area contributed by atoms with Crippen LogP contribution in [0.2, 0.25) is 0 Å². The van der Waals surface area contributed by atoms with E-state index in [1.54, 1.807) is 44.4 Å². The average Bonchev–Trinajstić information content (AvgIpc) is 2.52. The van der Waals surface area contributed by atoms with E-state index in [0.717, 1.165) is 5.56 Å². The van der Waals surface area contributed by atoms with Crippen molar-refractivity contribution in [2.75, 3.05) is 12.8 Å². The van der Waals surface area contributed by atoms with Crippen molar-refractivity contribution in [1.29, 1.82) is 0 Å². The van der Waals surface area contributed by atoms with Gasteiger partial charge in [-0.2, -0.15) is 5.10 Å². The Morgan fingerprint density at radius 1 is 1.19 bits per heavy atom. The van der Waals surface area contributed by atoms with Gasteiger partial charge in [0.2, 0.25) is 0 Å². The number of nitrogen functional groups attached to an aromatic ring is 1. The van der Waals surface area contributed by atoms with E-state index in [4.69, 9.17) is 10.5 Å². The van der Waals surface area contributed by atoms with Crippen molar-refractivity contribution in [2.45, 2.75) is 6.92 Å². The predicted molar refractivity (Wildman–Crippen MR) is 83.5 cm³/mol. The molecule has 0 aliphatic heterocycles. The molecule has 2 aromatic carbocycles. The fraction of sp³-hybridized carbons (Fsp3) is 0.125. The molecule has 0 saturated heterocycles. The van der Waals surface area contributed by atoms with Crippen LogP contribution in [-0.4, -0.2) is 18.7 Å². The number of ether oxygens (including phenoxy) is 1. The predicted octanol–water partition coefficient (Wildman–Crippen LogP) is 2.43. The summed E-state index contributed by atoms with van der Waals surface area (Å²) in [5, 5.41) is 4.08. The minimum Gasteiger partial charge on any atom is -0.497 e. The van der Waals surface area contributed by atoms with E-state index in [9.17, 15) is 4.79 Å². The quantitative estimate of drug-likeness (QED) is 0.514. The first-order chi connectivity index (χ1) is 10.1. The highest BCUT2D eigenvalue weighted by Crippen LogP contribution is 2.13. The van der Waals surface area contributed by atoms with Gasteiger partial charge in [0.05, 0.1) is 12.8 Å². The summed E-state index contributed by atoms with van der Waals surface area (Å²) in [5.74, 6) is 0.318. The molecule has 3 N–H and O–H groups in total. The number of methoxy groups -OCH3 is 1. The molecule has 108 valence electrons. The number of nitrogens with two attached hydrogens (primary N) is 1. The first-order valence-corrected chi connectivity index (χ1v) is 6.45. The minimum atomic E-state index is -0.303. The maximum atomic E-state index is 12.0. The van der Waals surface area contributed by atoms with Crippen molar-refractivity contribution in [3.05, 3.63) is 59.7 Å². The molecule has 0 unspecified atom stereocenters. The van der Waals surface area contributed by atoms with Crippen LogP contribution in [0.5, 0.6) is 5.75 Å². The number of nitrogens with zero attached hydrogens (tertiary/aromatic N) is 1. The molecule has 0 fully saturated rings. The molecule has 0 atom stereocenters. The van der Waals surface area contributed by atoms with Crippen LogP contribution in [0.15, 0.2) is 53.6 Å². The lowest BCUT2D eigenvalue weighted by molar-refractivity contribution is 0.0954. The summed E-state index contributed by atoms with van der Waals surface area (Å²) in [6.45, 7) is 1.79. The molecule has 0 aromatic heterocycles. The van der Waals surface area contributed by atoms with E-state index in [-0.39, 0.29) is 5.91 Å². The van der Waals surface area contributed by atoms with Crippen molar-refractivity contribution >= 4 is 17.3 Å². The van der Waals surface area contributed by atoms with Gasteiger partial charge < -0.3 is 10.5 Å². The van der Waals surface area contributed by atoms with Crippen molar-refractivity contribution < 1.29 is 9.53 Å². The maximum Gasteiger partial charge on any atom is 0.271 e. The second-order valence-corrected chi connectivity index (χ2v) is 4.46.